The van der Waals surface area contributed by atoms with Gasteiger partial charge in [0.15, 0.2) is 0 Å². The van der Waals surface area contributed by atoms with Gasteiger partial charge in [0.2, 0.25) is 0 Å². The smallest absolute Gasteiger partial charge is 0.271 e. The fourth-order valence-electron chi connectivity index (χ4n) is 1.70. The number of nitrogens with zero attached hydrogens (tertiary/aromatic N) is 3. The number of nitrogen functional groups attached to an aromatic ring is 1. The van der Waals surface area contributed by atoms with E-state index in [1.165, 1.54) is 30.0 Å². The maximum atomic E-state index is 10.8. The van der Waals surface area contributed by atoms with E-state index < -0.39 is 4.92 Å². The molecule has 7 heteroatoms. The topological polar surface area (TPSA) is 96.2 Å². The summed E-state index contributed by atoms with van der Waals surface area (Å²) in [4.78, 5) is 10.3. The maximum Gasteiger partial charge on any atom is 0.271 e. The predicted molar refractivity (Wildman–Crippen MR) is 65.9 cm³/mol. The molecule has 0 fully saturated rings. The number of benzene rings is 1. The summed E-state index contributed by atoms with van der Waals surface area (Å²) < 4.78 is 6.69. The third-order valence-corrected chi connectivity index (χ3v) is 2.51. The second-order valence-corrected chi connectivity index (χ2v) is 3.74. The lowest BCUT2D eigenvalue weighted by molar-refractivity contribution is -0.384. The van der Waals surface area contributed by atoms with Crippen molar-refractivity contribution >= 4 is 11.5 Å². The Labute approximate surface area is 103 Å². The molecule has 0 unspecified atom stereocenters. The van der Waals surface area contributed by atoms with Crippen LogP contribution in [0.5, 0.6) is 5.75 Å². The average molecular weight is 248 g/mol. The summed E-state index contributed by atoms with van der Waals surface area (Å²) in [6, 6.07) is 5.99. The van der Waals surface area contributed by atoms with Crippen LogP contribution in [0.4, 0.5) is 11.5 Å². The third kappa shape index (κ3) is 1.97. The highest BCUT2D eigenvalue weighted by Crippen LogP contribution is 2.28. The van der Waals surface area contributed by atoms with Crippen LogP contribution in [0.1, 0.15) is 5.69 Å². The van der Waals surface area contributed by atoms with Gasteiger partial charge in [-0.05, 0) is 13.0 Å². The van der Waals surface area contributed by atoms with Crippen molar-refractivity contribution in [2.24, 2.45) is 0 Å². The number of hydrogen-bond acceptors (Lipinski definition) is 5. The summed E-state index contributed by atoms with van der Waals surface area (Å²) in [5, 5.41) is 14.9. The largest absolute Gasteiger partial charge is 0.494 e. The zero-order valence-corrected chi connectivity index (χ0v) is 9.95. The number of nitro benzene ring substituents is 1. The van der Waals surface area contributed by atoms with Gasteiger partial charge in [-0.15, -0.1) is 0 Å². The molecule has 0 amide bonds. The molecule has 94 valence electrons. The van der Waals surface area contributed by atoms with Crippen LogP contribution in [0.15, 0.2) is 24.3 Å². The van der Waals surface area contributed by atoms with Gasteiger partial charge in [0, 0.05) is 23.9 Å². The molecule has 7 nitrogen and oxygen atoms in total. The Hall–Kier alpha value is -2.57. The molecular formula is C11H12N4O3. The molecule has 0 saturated carbocycles. The average Bonchev–Trinajstić information content (AvgIpc) is 2.67. The molecule has 0 spiro atoms. The minimum atomic E-state index is -0.467. The number of rotatable bonds is 3. The van der Waals surface area contributed by atoms with E-state index in [1.54, 1.807) is 6.07 Å². The highest BCUT2D eigenvalue weighted by molar-refractivity contribution is 5.54. The Morgan fingerprint density at radius 3 is 2.67 bits per heavy atom. The quantitative estimate of drug-likeness (QED) is 0.658. The molecule has 1 aromatic heterocycles. The Kier molecular flexibility index (Phi) is 2.88. The molecule has 2 rings (SSSR count). The fourth-order valence-corrected chi connectivity index (χ4v) is 1.70. The lowest BCUT2D eigenvalue weighted by atomic mass is 10.2. The Balaban J connectivity index is 2.64. The number of nitrogens with two attached hydrogens (primary N) is 1. The van der Waals surface area contributed by atoms with Gasteiger partial charge in [-0.3, -0.25) is 10.1 Å². The molecule has 0 aliphatic heterocycles. The van der Waals surface area contributed by atoms with Crippen molar-refractivity contribution < 1.29 is 9.66 Å². The van der Waals surface area contributed by atoms with Gasteiger partial charge in [0.05, 0.1) is 12.0 Å². The van der Waals surface area contributed by atoms with Crippen LogP contribution in [-0.4, -0.2) is 21.8 Å². The Morgan fingerprint density at radius 1 is 1.44 bits per heavy atom. The van der Waals surface area contributed by atoms with Crippen molar-refractivity contribution in [1.82, 2.24) is 9.78 Å². The first-order valence-corrected chi connectivity index (χ1v) is 5.18. The molecule has 0 radical (unpaired) electrons. The van der Waals surface area contributed by atoms with Gasteiger partial charge >= 0.3 is 0 Å². The second-order valence-electron chi connectivity index (χ2n) is 3.74. The van der Waals surface area contributed by atoms with Crippen molar-refractivity contribution in [3.05, 3.63) is 40.1 Å². The molecule has 1 aromatic carbocycles. The van der Waals surface area contributed by atoms with E-state index in [2.05, 4.69) is 5.10 Å². The Bertz CT molecular complexity index is 606. The highest BCUT2D eigenvalue weighted by Gasteiger charge is 2.15. The van der Waals surface area contributed by atoms with Gasteiger partial charge in [-0.25, -0.2) is 4.68 Å². The summed E-state index contributed by atoms with van der Waals surface area (Å²) >= 11 is 0. The summed E-state index contributed by atoms with van der Waals surface area (Å²) in [5.41, 5.74) is 6.83. The van der Waals surface area contributed by atoms with E-state index >= 15 is 0 Å². The van der Waals surface area contributed by atoms with Crippen molar-refractivity contribution in [1.29, 1.82) is 0 Å². The third-order valence-electron chi connectivity index (χ3n) is 2.51. The van der Waals surface area contributed by atoms with Crippen molar-refractivity contribution in [3.8, 4) is 11.4 Å². The molecule has 2 N–H and O–H groups in total. The molecule has 2 aromatic rings. The molecule has 0 bridgehead atoms. The summed E-state index contributed by atoms with van der Waals surface area (Å²) in [6.45, 7) is 1.81. The maximum absolute atomic E-state index is 10.8. The number of aryl methyl sites for hydroxylation is 1. The van der Waals surface area contributed by atoms with E-state index in [4.69, 9.17) is 10.5 Å². The highest BCUT2D eigenvalue weighted by atomic mass is 16.6. The number of aromatic nitrogens is 2. The van der Waals surface area contributed by atoms with Gasteiger partial charge in [0.1, 0.15) is 17.3 Å². The van der Waals surface area contributed by atoms with E-state index in [0.717, 1.165) is 5.69 Å². The van der Waals surface area contributed by atoms with E-state index in [9.17, 15) is 10.1 Å². The molecule has 0 aliphatic rings. The summed E-state index contributed by atoms with van der Waals surface area (Å²) in [6.07, 6.45) is 0. The fraction of sp³-hybridized carbons (Fsp3) is 0.182. The van der Waals surface area contributed by atoms with E-state index in [-0.39, 0.29) is 5.69 Å². The SMILES string of the molecule is COc1ccc([N+](=O)[O-])cc1-n1nc(N)cc1C. The molecule has 0 saturated heterocycles. The van der Waals surface area contributed by atoms with Crippen LogP contribution in [-0.2, 0) is 0 Å². The normalized spacial score (nSPS) is 10.3. The molecule has 18 heavy (non-hydrogen) atoms. The van der Waals surface area contributed by atoms with Crippen molar-refractivity contribution in [3.63, 3.8) is 0 Å². The van der Waals surface area contributed by atoms with Crippen LogP contribution in [0.3, 0.4) is 0 Å². The summed E-state index contributed by atoms with van der Waals surface area (Å²) in [7, 11) is 1.49. The van der Waals surface area contributed by atoms with Gasteiger partial charge in [0.25, 0.3) is 5.69 Å². The van der Waals surface area contributed by atoms with Crippen LogP contribution in [0.25, 0.3) is 5.69 Å². The second kappa shape index (κ2) is 4.36. The molecule has 0 atom stereocenters. The number of non-ortho nitro benzene ring substituents is 1. The van der Waals surface area contributed by atoms with Gasteiger partial charge in [-0.2, -0.15) is 5.10 Å². The standard InChI is InChI=1S/C11H12N4O3/c1-7-5-11(12)13-14(7)9-6-8(15(16)17)3-4-10(9)18-2/h3-6H,1-2H3,(H2,12,13). The lowest BCUT2D eigenvalue weighted by Gasteiger charge is -2.09. The zero-order valence-electron chi connectivity index (χ0n) is 9.95. The van der Waals surface area contributed by atoms with Crippen molar-refractivity contribution in [2.75, 3.05) is 12.8 Å². The van der Waals surface area contributed by atoms with Gasteiger partial charge in [-0.1, -0.05) is 0 Å². The lowest BCUT2D eigenvalue weighted by Crippen LogP contribution is -2.03. The van der Waals surface area contributed by atoms with Crippen LogP contribution in [0.2, 0.25) is 0 Å². The molecule has 1 heterocycles. The summed E-state index contributed by atoms with van der Waals surface area (Å²) in [5.74, 6) is 0.841. The molecular weight excluding hydrogens is 236 g/mol. The number of hydrogen-bond donors (Lipinski definition) is 1. The minimum Gasteiger partial charge on any atom is -0.494 e. The Morgan fingerprint density at radius 2 is 2.17 bits per heavy atom. The van der Waals surface area contributed by atoms with Crippen LogP contribution >= 0.6 is 0 Å². The zero-order chi connectivity index (χ0) is 13.3. The van der Waals surface area contributed by atoms with E-state index in [0.29, 0.717) is 17.3 Å². The van der Waals surface area contributed by atoms with Crippen LogP contribution in [0, 0.1) is 17.0 Å². The number of anilines is 1. The first-order chi connectivity index (χ1) is 8.52. The predicted octanol–water partition coefficient (Wildman–Crippen LogP) is 1.68. The van der Waals surface area contributed by atoms with E-state index in [1.807, 2.05) is 6.92 Å². The number of methoxy groups -OCH3 is 1. The first kappa shape index (κ1) is 11.9. The van der Waals surface area contributed by atoms with Crippen molar-refractivity contribution in [2.45, 2.75) is 6.92 Å². The minimum absolute atomic E-state index is 0.0285. The number of ether oxygens (including phenoxy) is 1. The number of nitro groups is 1. The monoisotopic (exact) mass is 248 g/mol. The molecule has 0 aliphatic carbocycles. The first-order valence-electron chi connectivity index (χ1n) is 5.18. The van der Waals surface area contributed by atoms with Gasteiger partial charge < -0.3 is 10.5 Å². The van der Waals surface area contributed by atoms with Crippen LogP contribution < -0.4 is 10.5 Å².